The lowest BCUT2D eigenvalue weighted by molar-refractivity contribution is -0.129. The molecule has 0 aromatic rings. The van der Waals surface area contributed by atoms with Gasteiger partial charge in [0.1, 0.15) is 0 Å². The first kappa shape index (κ1) is 13.4. The number of amides is 1. The Labute approximate surface area is 116 Å². The van der Waals surface area contributed by atoms with Crippen LogP contribution in [0.3, 0.4) is 0 Å². The summed E-state index contributed by atoms with van der Waals surface area (Å²) in [5, 5.41) is 5.72. The predicted molar refractivity (Wildman–Crippen MR) is 75.5 cm³/mol. The molecule has 108 valence electrons. The SMILES string of the molecule is O=C(NN1CCCCC1)C1CCC2CCCCC2N1. The molecule has 4 nitrogen and oxygen atoms in total. The van der Waals surface area contributed by atoms with E-state index in [9.17, 15) is 4.79 Å². The van der Waals surface area contributed by atoms with E-state index in [2.05, 4.69) is 15.8 Å². The third kappa shape index (κ3) is 3.29. The highest BCUT2D eigenvalue weighted by molar-refractivity contribution is 5.81. The normalized spacial score (nSPS) is 36.5. The van der Waals surface area contributed by atoms with Gasteiger partial charge in [0.05, 0.1) is 6.04 Å². The smallest absolute Gasteiger partial charge is 0.251 e. The molecule has 1 saturated carbocycles. The molecule has 0 bridgehead atoms. The molecule has 2 heterocycles. The second kappa shape index (κ2) is 6.23. The number of nitrogens with zero attached hydrogens (tertiary/aromatic N) is 1. The standard InChI is InChI=1S/C15H27N3O/c19-15(17-18-10-4-1-5-11-18)14-9-8-12-6-2-3-7-13(12)16-14/h12-14,16H,1-11H2,(H,17,19). The summed E-state index contributed by atoms with van der Waals surface area (Å²) >= 11 is 0. The molecule has 4 heteroatoms. The number of carbonyl (C=O) groups excluding carboxylic acids is 1. The molecular formula is C15H27N3O. The number of hydrogen-bond acceptors (Lipinski definition) is 3. The summed E-state index contributed by atoms with van der Waals surface area (Å²) < 4.78 is 0. The zero-order valence-corrected chi connectivity index (χ0v) is 11.9. The molecule has 3 fully saturated rings. The average molecular weight is 265 g/mol. The first-order valence-corrected chi connectivity index (χ1v) is 8.14. The second-order valence-corrected chi connectivity index (χ2v) is 6.47. The summed E-state index contributed by atoms with van der Waals surface area (Å²) in [5.74, 6) is 1.03. The largest absolute Gasteiger partial charge is 0.303 e. The lowest BCUT2D eigenvalue weighted by Crippen LogP contribution is -2.58. The maximum atomic E-state index is 12.3. The van der Waals surface area contributed by atoms with Crippen LogP contribution in [0.2, 0.25) is 0 Å². The lowest BCUT2D eigenvalue weighted by Gasteiger charge is -2.40. The lowest BCUT2D eigenvalue weighted by atomic mass is 9.77. The Bertz CT molecular complexity index is 315. The fourth-order valence-electron chi connectivity index (χ4n) is 3.94. The van der Waals surface area contributed by atoms with Crippen molar-refractivity contribution in [2.75, 3.05) is 13.1 Å². The maximum Gasteiger partial charge on any atom is 0.251 e. The predicted octanol–water partition coefficient (Wildman–Crippen LogP) is 1.81. The number of piperidine rings is 2. The van der Waals surface area contributed by atoms with Gasteiger partial charge in [0.25, 0.3) is 5.91 Å². The summed E-state index contributed by atoms with van der Waals surface area (Å²) in [4.78, 5) is 12.3. The van der Waals surface area contributed by atoms with E-state index in [1.54, 1.807) is 0 Å². The number of carbonyl (C=O) groups is 1. The van der Waals surface area contributed by atoms with E-state index >= 15 is 0 Å². The van der Waals surface area contributed by atoms with Crippen LogP contribution in [-0.2, 0) is 4.79 Å². The van der Waals surface area contributed by atoms with Gasteiger partial charge in [0.2, 0.25) is 0 Å². The Morgan fingerprint density at radius 1 is 0.947 bits per heavy atom. The zero-order chi connectivity index (χ0) is 13.1. The highest BCUT2D eigenvalue weighted by atomic mass is 16.2. The Morgan fingerprint density at radius 3 is 2.58 bits per heavy atom. The topological polar surface area (TPSA) is 44.4 Å². The number of nitrogens with one attached hydrogen (secondary N) is 2. The maximum absolute atomic E-state index is 12.3. The van der Waals surface area contributed by atoms with Crippen molar-refractivity contribution >= 4 is 5.91 Å². The molecule has 3 aliphatic rings. The molecule has 3 unspecified atom stereocenters. The van der Waals surface area contributed by atoms with Gasteiger partial charge in [0, 0.05) is 19.1 Å². The first-order chi connectivity index (χ1) is 9.33. The van der Waals surface area contributed by atoms with Gasteiger partial charge in [-0.05, 0) is 44.4 Å². The summed E-state index contributed by atoms with van der Waals surface area (Å²) in [6.45, 7) is 2.04. The van der Waals surface area contributed by atoms with Crippen molar-refractivity contribution in [3.8, 4) is 0 Å². The van der Waals surface area contributed by atoms with E-state index in [4.69, 9.17) is 0 Å². The third-order valence-corrected chi connectivity index (χ3v) is 5.09. The van der Waals surface area contributed by atoms with E-state index in [-0.39, 0.29) is 11.9 Å². The van der Waals surface area contributed by atoms with Gasteiger partial charge in [-0.1, -0.05) is 19.3 Å². The number of rotatable bonds is 2. The second-order valence-electron chi connectivity index (χ2n) is 6.47. The monoisotopic (exact) mass is 265 g/mol. The average Bonchev–Trinajstić information content (AvgIpc) is 2.48. The van der Waals surface area contributed by atoms with Crippen LogP contribution in [-0.4, -0.2) is 36.1 Å². The molecule has 0 aromatic carbocycles. The molecule has 0 radical (unpaired) electrons. The molecule has 1 amide bonds. The molecule has 0 aromatic heterocycles. The minimum atomic E-state index is 0.0428. The highest BCUT2D eigenvalue weighted by Crippen LogP contribution is 2.32. The molecule has 3 rings (SSSR count). The van der Waals surface area contributed by atoms with E-state index in [1.807, 2.05) is 0 Å². The molecule has 2 N–H and O–H groups in total. The van der Waals surface area contributed by atoms with Gasteiger partial charge in [0.15, 0.2) is 0 Å². The van der Waals surface area contributed by atoms with Crippen LogP contribution < -0.4 is 10.7 Å². The van der Waals surface area contributed by atoms with Crippen LogP contribution in [0.15, 0.2) is 0 Å². The van der Waals surface area contributed by atoms with Gasteiger partial charge >= 0.3 is 0 Å². The van der Waals surface area contributed by atoms with Gasteiger partial charge in [-0.3, -0.25) is 10.2 Å². The Morgan fingerprint density at radius 2 is 1.74 bits per heavy atom. The summed E-state index contributed by atoms with van der Waals surface area (Å²) in [5.41, 5.74) is 3.12. The number of hydrogen-bond donors (Lipinski definition) is 2. The van der Waals surface area contributed by atoms with Crippen molar-refractivity contribution in [1.82, 2.24) is 15.8 Å². The molecule has 2 saturated heterocycles. The van der Waals surface area contributed by atoms with Crippen LogP contribution in [0.25, 0.3) is 0 Å². The Kier molecular flexibility index (Phi) is 4.38. The van der Waals surface area contributed by atoms with E-state index < -0.39 is 0 Å². The van der Waals surface area contributed by atoms with E-state index in [1.165, 1.54) is 51.4 Å². The summed E-state index contributed by atoms with van der Waals surface area (Å²) in [6, 6.07) is 0.640. The summed E-state index contributed by atoms with van der Waals surface area (Å²) in [6.07, 6.45) is 11.3. The van der Waals surface area contributed by atoms with Crippen molar-refractivity contribution in [3.63, 3.8) is 0 Å². The minimum absolute atomic E-state index is 0.0428. The Hall–Kier alpha value is -0.610. The molecule has 2 aliphatic heterocycles. The molecule has 3 atom stereocenters. The molecule has 19 heavy (non-hydrogen) atoms. The summed E-state index contributed by atoms with van der Waals surface area (Å²) in [7, 11) is 0. The van der Waals surface area contributed by atoms with Gasteiger partial charge in [-0.15, -0.1) is 0 Å². The molecular weight excluding hydrogens is 238 g/mol. The highest BCUT2D eigenvalue weighted by Gasteiger charge is 2.34. The quantitative estimate of drug-likeness (QED) is 0.800. The van der Waals surface area contributed by atoms with Crippen LogP contribution in [0.5, 0.6) is 0 Å². The van der Waals surface area contributed by atoms with Crippen LogP contribution in [0.4, 0.5) is 0 Å². The molecule has 1 aliphatic carbocycles. The van der Waals surface area contributed by atoms with E-state index in [0.29, 0.717) is 6.04 Å². The van der Waals surface area contributed by atoms with Crippen molar-refractivity contribution in [2.24, 2.45) is 5.92 Å². The number of hydrazine groups is 1. The van der Waals surface area contributed by atoms with Crippen LogP contribution in [0.1, 0.15) is 57.8 Å². The Balaban J connectivity index is 1.49. The molecule has 0 spiro atoms. The fourth-order valence-corrected chi connectivity index (χ4v) is 3.94. The third-order valence-electron chi connectivity index (χ3n) is 5.09. The van der Waals surface area contributed by atoms with Gasteiger partial charge in [-0.2, -0.15) is 0 Å². The van der Waals surface area contributed by atoms with Crippen molar-refractivity contribution < 1.29 is 4.79 Å². The van der Waals surface area contributed by atoms with E-state index in [0.717, 1.165) is 25.4 Å². The van der Waals surface area contributed by atoms with Gasteiger partial charge in [-0.25, -0.2) is 5.01 Å². The van der Waals surface area contributed by atoms with Crippen molar-refractivity contribution in [2.45, 2.75) is 69.9 Å². The number of fused-ring (bicyclic) bond motifs is 1. The minimum Gasteiger partial charge on any atom is -0.303 e. The fraction of sp³-hybridized carbons (Fsp3) is 0.933. The zero-order valence-electron chi connectivity index (χ0n) is 11.9. The van der Waals surface area contributed by atoms with Crippen molar-refractivity contribution in [1.29, 1.82) is 0 Å². The first-order valence-electron chi connectivity index (χ1n) is 8.14. The van der Waals surface area contributed by atoms with Crippen LogP contribution in [0, 0.1) is 5.92 Å². The van der Waals surface area contributed by atoms with Crippen molar-refractivity contribution in [3.05, 3.63) is 0 Å². The van der Waals surface area contributed by atoms with Gasteiger partial charge < -0.3 is 5.32 Å². The van der Waals surface area contributed by atoms with Crippen LogP contribution >= 0.6 is 0 Å².